The predicted molar refractivity (Wildman–Crippen MR) is 70.4 cm³/mol. The number of rotatable bonds is 8. The van der Waals surface area contributed by atoms with Gasteiger partial charge in [0.15, 0.2) is 0 Å². The first-order chi connectivity index (χ1) is 8.63. The molecule has 2 unspecified atom stereocenters. The Morgan fingerprint density at radius 3 is 2.72 bits per heavy atom. The molecule has 1 aromatic carbocycles. The van der Waals surface area contributed by atoms with Gasteiger partial charge in [0.25, 0.3) is 0 Å². The number of hydrogen-bond acceptors (Lipinski definition) is 4. The van der Waals surface area contributed by atoms with Gasteiger partial charge in [0.2, 0.25) is 0 Å². The molecule has 0 aliphatic heterocycles. The molecule has 18 heavy (non-hydrogen) atoms. The minimum atomic E-state index is -0.617. The van der Waals surface area contributed by atoms with Crippen LogP contribution in [0.15, 0.2) is 29.2 Å². The zero-order chi connectivity index (χ0) is 13.4. The summed E-state index contributed by atoms with van der Waals surface area (Å²) in [4.78, 5) is 0.543. The van der Waals surface area contributed by atoms with E-state index in [0.29, 0.717) is 17.3 Å². The standard InChI is InChI=1S/C13H19FO3S/c1-10(7-16-2)17-8-11(15)9-18-13-6-4-3-5-12(13)14/h3-6,10-11,15H,7-9H2,1-2H3. The number of hydrogen-bond donors (Lipinski definition) is 1. The van der Waals surface area contributed by atoms with Crippen LogP contribution in [0, 0.1) is 5.82 Å². The van der Waals surface area contributed by atoms with Crippen LogP contribution in [0.2, 0.25) is 0 Å². The molecule has 1 rings (SSSR count). The summed E-state index contributed by atoms with van der Waals surface area (Å²) in [6.45, 7) is 2.60. The van der Waals surface area contributed by atoms with Gasteiger partial charge in [0.05, 0.1) is 25.4 Å². The van der Waals surface area contributed by atoms with Gasteiger partial charge >= 0.3 is 0 Å². The quantitative estimate of drug-likeness (QED) is 0.738. The van der Waals surface area contributed by atoms with Gasteiger partial charge in [-0.1, -0.05) is 12.1 Å². The van der Waals surface area contributed by atoms with E-state index in [1.807, 2.05) is 6.92 Å². The first-order valence-electron chi connectivity index (χ1n) is 5.79. The van der Waals surface area contributed by atoms with Gasteiger partial charge in [-0.15, -0.1) is 11.8 Å². The van der Waals surface area contributed by atoms with E-state index >= 15 is 0 Å². The summed E-state index contributed by atoms with van der Waals surface area (Å²) < 4.78 is 23.6. The van der Waals surface area contributed by atoms with Gasteiger partial charge in [0, 0.05) is 17.8 Å². The summed E-state index contributed by atoms with van der Waals surface area (Å²) in [7, 11) is 1.60. The normalized spacial score (nSPS) is 14.4. The Kier molecular flexibility index (Phi) is 7.27. The van der Waals surface area contributed by atoms with Crippen molar-refractivity contribution >= 4 is 11.8 Å². The Balaban J connectivity index is 2.25. The van der Waals surface area contributed by atoms with E-state index in [0.717, 1.165) is 0 Å². The van der Waals surface area contributed by atoms with E-state index in [1.54, 1.807) is 25.3 Å². The summed E-state index contributed by atoms with van der Waals surface area (Å²) in [6.07, 6.45) is -0.669. The highest BCUT2D eigenvalue weighted by Gasteiger charge is 2.10. The third-order valence-electron chi connectivity index (χ3n) is 2.24. The lowest BCUT2D eigenvalue weighted by atomic mass is 10.3. The lowest BCUT2D eigenvalue weighted by molar-refractivity contribution is -0.0257. The van der Waals surface area contributed by atoms with Gasteiger partial charge in [-0.25, -0.2) is 4.39 Å². The number of aliphatic hydroxyl groups excluding tert-OH is 1. The molecule has 0 aliphatic rings. The first-order valence-corrected chi connectivity index (χ1v) is 6.78. The van der Waals surface area contributed by atoms with Gasteiger partial charge in [-0.05, 0) is 19.1 Å². The molecule has 5 heteroatoms. The van der Waals surface area contributed by atoms with E-state index < -0.39 is 6.10 Å². The first kappa shape index (κ1) is 15.4. The van der Waals surface area contributed by atoms with Crippen molar-refractivity contribution in [2.24, 2.45) is 0 Å². The highest BCUT2D eigenvalue weighted by Crippen LogP contribution is 2.21. The summed E-state index contributed by atoms with van der Waals surface area (Å²) >= 11 is 1.28. The van der Waals surface area contributed by atoms with Crippen molar-refractivity contribution in [1.29, 1.82) is 0 Å². The molecule has 0 amide bonds. The molecule has 0 heterocycles. The van der Waals surface area contributed by atoms with Gasteiger partial charge in [-0.2, -0.15) is 0 Å². The molecule has 0 aliphatic carbocycles. The van der Waals surface area contributed by atoms with Crippen LogP contribution >= 0.6 is 11.8 Å². The zero-order valence-corrected chi connectivity index (χ0v) is 11.5. The van der Waals surface area contributed by atoms with Crippen LogP contribution in [-0.2, 0) is 9.47 Å². The van der Waals surface area contributed by atoms with Crippen LogP contribution in [-0.4, -0.2) is 43.4 Å². The van der Waals surface area contributed by atoms with Crippen molar-refractivity contribution in [1.82, 2.24) is 0 Å². The van der Waals surface area contributed by atoms with E-state index in [1.165, 1.54) is 17.8 Å². The topological polar surface area (TPSA) is 38.7 Å². The summed E-state index contributed by atoms with van der Waals surface area (Å²) in [5.41, 5.74) is 0. The number of ether oxygens (including phenoxy) is 2. The molecule has 1 N–H and O–H groups in total. The Labute approximate surface area is 111 Å². The van der Waals surface area contributed by atoms with E-state index in [-0.39, 0.29) is 18.5 Å². The maximum Gasteiger partial charge on any atom is 0.136 e. The van der Waals surface area contributed by atoms with Crippen molar-refractivity contribution in [2.75, 3.05) is 26.1 Å². The second-order valence-electron chi connectivity index (χ2n) is 3.99. The molecule has 102 valence electrons. The summed E-state index contributed by atoms with van der Waals surface area (Å²) in [5, 5.41) is 9.71. The SMILES string of the molecule is COCC(C)OCC(O)CSc1ccccc1F. The lowest BCUT2D eigenvalue weighted by Gasteiger charge is -2.15. The van der Waals surface area contributed by atoms with Crippen LogP contribution in [0.5, 0.6) is 0 Å². The molecular formula is C13H19FO3S. The number of benzene rings is 1. The monoisotopic (exact) mass is 274 g/mol. The van der Waals surface area contributed by atoms with Gasteiger partial charge < -0.3 is 14.6 Å². The second kappa shape index (κ2) is 8.48. The summed E-state index contributed by atoms with van der Waals surface area (Å²) in [5.74, 6) is 0.143. The number of aliphatic hydroxyl groups is 1. The summed E-state index contributed by atoms with van der Waals surface area (Å²) in [6, 6.07) is 6.52. The molecular weight excluding hydrogens is 255 g/mol. The minimum absolute atomic E-state index is 0.0527. The third kappa shape index (κ3) is 5.82. The maximum atomic E-state index is 13.3. The van der Waals surface area contributed by atoms with Crippen molar-refractivity contribution < 1.29 is 19.0 Å². The predicted octanol–water partition coefficient (Wildman–Crippen LogP) is 2.33. The van der Waals surface area contributed by atoms with E-state index in [9.17, 15) is 9.50 Å². The molecule has 1 aromatic rings. The molecule has 0 saturated heterocycles. The van der Waals surface area contributed by atoms with Crippen molar-refractivity contribution in [3.8, 4) is 0 Å². The van der Waals surface area contributed by atoms with Crippen LogP contribution in [0.1, 0.15) is 6.92 Å². The molecule has 0 radical (unpaired) electrons. The van der Waals surface area contributed by atoms with Crippen molar-refractivity contribution in [2.45, 2.75) is 24.0 Å². The van der Waals surface area contributed by atoms with Gasteiger partial charge in [-0.3, -0.25) is 0 Å². The Bertz CT molecular complexity index is 349. The van der Waals surface area contributed by atoms with Crippen molar-refractivity contribution in [3.05, 3.63) is 30.1 Å². The second-order valence-corrected chi connectivity index (χ2v) is 5.06. The van der Waals surface area contributed by atoms with Crippen LogP contribution in [0.25, 0.3) is 0 Å². The highest BCUT2D eigenvalue weighted by molar-refractivity contribution is 7.99. The smallest absolute Gasteiger partial charge is 0.136 e. The number of thioether (sulfide) groups is 1. The molecule has 0 bridgehead atoms. The molecule has 0 fully saturated rings. The van der Waals surface area contributed by atoms with E-state index in [4.69, 9.17) is 9.47 Å². The average Bonchev–Trinajstić information content (AvgIpc) is 2.36. The zero-order valence-electron chi connectivity index (χ0n) is 10.6. The minimum Gasteiger partial charge on any atom is -0.390 e. The number of halogens is 1. The average molecular weight is 274 g/mol. The Hall–Kier alpha value is -0.620. The largest absolute Gasteiger partial charge is 0.390 e. The fraction of sp³-hybridized carbons (Fsp3) is 0.538. The molecule has 3 nitrogen and oxygen atoms in total. The molecule has 0 saturated carbocycles. The Morgan fingerprint density at radius 1 is 1.33 bits per heavy atom. The number of methoxy groups -OCH3 is 1. The molecule has 0 aromatic heterocycles. The van der Waals surface area contributed by atoms with Crippen LogP contribution in [0.3, 0.4) is 0 Å². The third-order valence-corrected chi connectivity index (χ3v) is 3.44. The van der Waals surface area contributed by atoms with Crippen LogP contribution < -0.4 is 0 Å². The maximum absolute atomic E-state index is 13.3. The fourth-order valence-electron chi connectivity index (χ4n) is 1.35. The van der Waals surface area contributed by atoms with E-state index in [2.05, 4.69) is 0 Å². The van der Waals surface area contributed by atoms with Crippen molar-refractivity contribution in [3.63, 3.8) is 0 Å². The fourth-order valence-corrected chi connectivity index (χ4v) is 2.20. The molecule has 0 spiro atoms. The van der Waals surface area contributed by atoms with Gasteiger partial charge in [0.1, 0.15) is 5.82 Å². The van der Waals surface area contributed by atoms with Crippen LogP contribution in [0.4, 0.5) is 4.39 Å². The molecule has 2 atom stereocenters. The Morgan fingerprint density at radius 2 is 2.06 bits per heavy atom. The lowest BCUT2D eigenvalue weighted by Crippen LogP contribution is -2.24. The highest BCUT2D eigenvalue weighted by atomic mass is 32.2.